The lowest BCUT2D eigenvalue weighted by Gasteiger charge is -2.30. The molecule has 83 heavy (non-hydrogen) atoms. The summed E-state index contributed by atoms with van der Waals surface area (Å²) >= 11 is 0. The zero-order valence-corrected chi connectivity index (χ0v) is 56.6. The molecule has 0 rings (SSSR count). The van der Waals surface area contributed by atoms with Gasteiger partial charge in [-0.05, 0) is 96.0 Å². The van der Waals surface area contributed by atoms with E-state index in [1.54, 1.807) is 0 Å². The summed E-state index contributed by atoms with van der Waals surface area (Å²) in [7, 11) is 1.19. The van der Waals surface area contributed by atoms with Gasteiger partial charge in [-0.1, -0.05) is 294 Å². The van der Waals surface area contributed by atoms with Crippen LogP contribution in [-0.4, -0.2) is 69.4 Å². The number of carbonyl (C=O) groups excluding carboxylic acids is 2. The van der Waals surface area contributed by atoms with E-state index in [0.717, 1.165) is 83.5 Å². The molecule has 0 saturated heterocycles. The van der Waals surface area contributed by atoms with Crippen LogP contribution in [0.15, 0.2) is 60.8 Å². The van der Waals surface area contributed by atoms with Crippen molar-refractivity contribution >= 4 is 19.7 Å². The Morgan fingerprint density at radius 2 is 0.735 bits per heavy atom. The molecule has 3 atom stereocenters. The molecule has 486 valence electrons. The molecule has 0 aromatic heterocycles. The van der Waals surface area contributed by atoms with Gasteiger partial charge in [0.1, 0.15) is 19.3 Å². The first-order chi connectivity index (χ1) is 40.4. The highest BCUT2D eigenvalue weighted by Gasteiger charge is 2.27. The fraction of sp³-hybridized carbons (Fsp3) is 0.836. The van der Waals surface area contributed by atoms with Crippen molar-refractivity contribution in [1.29, 1.82) is 0 Å². The molecule has 0 bridgehead atoms. The highest BCUT2D eigenvalue weighted by Crippen LogP contribution is 2.38. The monoisotopic (exact) mass is 1190 g/mol. The van der Waals surface area contributed by atoms with Gasteiger partial charge in [-0.15, -0.1) is 0 Å². The number of amides is 1. The second-order valence-electron chi connectivity index (χ2n) is 25.4. The van der Waals surface area contributed by atoms with Gasteiger partial charge in [0.2, 0.25) is 5.91 Å². The normalized spacial score (nSPS) is 13.9. The van der Waals surface area contributed by atoms with Gasteiger partial charge in [0.25, 0.3) is 7.82 Å². The van der Waals surface area contributed by atoms with Gasteiger partial charge in [-0.3, -0.25) is 14.2 Å². The highest BCUT2D eigenvalue weighted by molar-refractivity contribution is 7.45. The number of phosphoric ester groups is 1. The molecule has 0 radical (unpaired) electrons. The van der Waals surface area contributed by atoms with Crippen molar-refractivity contribution < 1.29 is 37.3 Å². The number of esters is 1. The third-order valence-electron chi connectivity index (χ3n) is 15.9. The molecule has 0 aromatic carbocycles. The number of hydrogen-bond donors (Lipinski definition) is 1. The van der Waals surface area contributed by atoms with E-state index in [0.29, 0.717) is 17.4 Å². The lowest BCUT2D eigenvalue weighted by Crippen LogP contribution is -2.47. The van der Waals surface area contributed by atoms with Crippen molar-refractivity contribution in [3.63, 3.8) is 0 Å². The molecule has 0 aliphatic heterocycles. The molecule has 0 spiro atoms. The average molecular weight is 1190 g/mol. The molecule has 9 nitrogen and oxygen atoms in total. The van der Waals surface area contributed by atoms with E-state index in [1.165, 1.54) is 225 Å². The quantitative estimate of drug-likeness (QED) is 0.0212. The van der Waals surface area contributed by atoms with Crippen molar-refractivity contribution in [1.82, 2.24) is 5.32 Å². The molecular formula is C73H137N2O7P. The van der Waals surface area contributed by atoms with Crippen molar-refractivity contribution in [3.05, 3.63) is 60.8 Å². The zero-order valence-electron chi connectivity index (χ0n) is 55.7. The summed E-state index contributed by atoms with van der Waals surface area (Å²) in [4.78, 5) is 40.2. The number of quaternary nitrogens is 1. The van der Waals surface area contributed by atoms with Gasteiger partial charge in [0.05, 0.1) is 33.8 Å². The zero-order chi connectivity index (χ0) is 60.7. The Balaban J connectivity index is 5.12. The average Bonchev–Trinajstić information content (AvgIpc) is 3.46. The molecule has 0 heterocycles. The maximum Gasteiger partial charge on any atom is 0.306 e. The van der Waals surface area contributed by atoms with Crippen LogP contribution in [0.5, 0.6) is 0 Å². The molecule has 0 aliphatic carbocycles. The molecule has 0 saturated carbocycles. The van der Waals surface area contributed by atoms with Crippen molar-refractivity contribution in [2.45, 2.75) is 354 Å². The molecular weight excluding hydrogens is 1050 g/mol. The summed E-state index contributed by atoms with van der Waals surface area (Å²) in [6, 6.07) is -0.894. The third kappa shape index (κ3) is 64.0. The second-order valence-corrected chi connectivity index (χ2v) is 26.8. The minimum atomic E-state index is -4.71. The first-order valence-corrected chi connectivity index (χ1v) is 37.1. The highest BCUT2D eigenvalue weighted by atomic mass is 31.2. The van der Waals surface area contributed by atoms with Crippen LogP contribution in [0.4, 0.5) is 0 Å². The van der Waals surface area contributed by atoms with Crippen molar-refractivity contribution in [3.8, 4) is 0 Å². The van der Waals surface area contributed by atoms with Crippen LogP contribution < -0.4 is 10.2 Å². The minimum Gasteiger partial charge on any atom is -0.756 e. The van der Waals surface area contributed by atoms with Crippen LogP contribution in [0, 0.1) is 0 Å². The van der Waals surface area contributed by atoms with Crippen molar-refractivity contribution in [2.75, 3.05) is 40.9 Å². The van der Waals surface area contributed by atoms with Crippen LogP contribution >= 0.6 is 7.82 Å². The Bertz CT molecular complexity index is 1600. The van der Waals surface area contributed by atoms with Crippen LogP contribution in [0.25, 0.3) is 0 Å². The number of likely N-dealkylation sites (N-methyl/N-ethyl adjacent to an activating group) is 1. The Morgan fingerprint density at radius 1 is 0.422 bits per heavy atom. The Hall–Kier alpha value is -2.29. The maximum atomic E-state index is 13.6. The SMILES string of the molecule is CCCCC/C=C\C/C=C\C/C=C\CCCCCCCCCCC(=O)NC(COP(=O)([O-])OCC[N+](C)(C)C)C(/C=C/CCCCCCCCCCCCC)OC(=O)CCCCCCCCCCCCCCC/C=C/CCCCCCCC. The first-order valence-electron chi connectivity index (χ1n) is 35.6. The number of hydrogen-bond acceptors (Lipinski definition) is 7. The van der Waals surface area contributed by atoms with Crippen LogP contribution in [0.2, 0.25) is 0 Å². The predicted molar refractivity (Wildman–Crippen MR) is 358 cm³/mol. The van der Waals surface area contributed by atoms with Crippen LogP contribution in [0.3, 0.4) is 0 Å². The molecule has 3 unspecified atom stereocenters. The van der Waals surface area contributed by atoms with Gasteiger partial charge >= 0.3 is 5.97 Å². The van der Waals surface area contributed by atoms with E-state index in [2.05, 4.69) is 74.7 Å². The minimum absolute atomic E-state index is 0.0239. The van der Waals surface area contributed by atoms with Gasteiger partial charge in [-0.2, -0.15) is 0 Å². The lowest BCUT2D eigenvalue weighted by atomic mass is 10.0. The standard InChI is InChI=1S/C73H137N2O7P/c1-7-10-13-16-19-22-25-28-30-32-34-36-37-39-41-43-45-48-51-54-57-60-63-66-73(77)82-71(64-61-58-55-52-49-46-27-24-21-18-15-12-9-3)70(69-81-83(78,79)80-68-67-75(4,5)6)74-72(76)65-62-59-56-53-50-47-44-42-40-38-35-33-31-29-26-23-20-17-14-11-8-2/h20,23,28-31,35,38,61,64,70-71H,7-19,21-22,24-27,32-34,36-37,39-60,62-63,65-69H2,1-6H3,(H-,74,76,78,79)/b23-20-,30-28+,31-29-,38-35-,64-61+. The number of nitrogens with one attached hydrogen (secondary N) is 1. The molecule has 0 aromatic rings. The van der Waals surface area contributed by atoms with E-state index >= 15 is 0 Å². The van der Waals surface area contributed by atoms with E-state index in [9.17, 15) is 19.0 Å². The largest absolute Gasteiger partial charge is 0.756 e. The Morgan fingerprint density at radius 3 is 1.13 bits per heavy atom. The summed E-state index contributed by atoms with van der Waals surface area (Å²) in [6.07, 6.45) is 80.5. The summed E-state index contributed by atoms with van der Waals surface area (Å²) in [5, 5.41) is 3.04. The lowest BCUT2D eigenvalue weighted by molar-refractivity contribution is -0.870. The summed E-state index contributed by atoms with van der Waals surface area (Å²) in [5.41, 5.74) is 0. The van der Waals surface area contributed by atoms with E-state index in [4.69, 9.17) is 13.8 Å². The number of allylic oxidation sites excluding steroid dienone is 9. The second kappa shape index (κ2) is 62.8. The van der Waals surface area contributed by atoms with Gasteiger partial charge < -0.3 is 28.5 Å². The smallest absolute Gasteiger partial charge is 0.306 e. The van der Waals surface area contributed by atoms with Gasteiger partial charge in [-0.25, -0.2) is 0 Å². The van der Waals surface area contributed by atoms with E-state index in [-0.39, 0.29) is 24.9 Å². The van der Waals surface area contributed by atoms with Crippen LogP contribution in [-0.2, 0) is 27.9 Å². The molecule has 1 amide bonds. The van der Waals surface area contributed by atoms with Crippen molar-refractivity contribution in [2.24, 2.45) is 0 Å². The number of phosphoric acid groups is 1. The molecule has 0 aliphatic rings. The fourth-order valence-electron chi connectivity index (χ4n) is 10.4. The maximum absolute atomic E-state index is 13.6. The summed E-state index contributed by atoms with van der Waals surface area (Å²) in [5.74, 6) is -0.537. The summed E-state index contributed by atoms with van der Waals surface area (Å²) < 4.78 is 30.5. The fourth-order valence-corrected chi connectivity index (χ4v) is 11.1. The number of ether oxygens (including phenoxy) is 1. The van der Waals surface area contributed by atoms with Gasteiger partial charge in [0.15, 0.2) is 0 Å². The Labute approximate surface area is 515 Å². The van der Waals surface area contributed by atoms with Gasteiger partial charge in [0, 0.05) is 12.8 Å². The first kappa shape index (κ1) is 80.7. The number of rotatable bonds is 65. The number of unbranched alkanes of at least 4 members (excludes halogenated alkanes) is 41. The number of carbonyl (C=O) groups is 2. The van der Waals surface area contributed by atoms with E-state index in [1.807, 2.05) is 33.3 Å². The number of nitrogens with zero attached hydrogens (tertiary/aromatic N) is 1. The Kier molecular flexibility index (Phi) is 61.0. The summed E-state index contributed by atoms with van der Waals surface area (Å²) in [6.45, 7) is 6.85. The van der Waals surface area contributed by atoms with Crippen LogP contribution in [0.1, 0.15) is 342 Å². The van der Waals surface area contributed by atoms with E-state index < -0.39 is 26.6 Å². The molecule has 0 fully saturated rings. The third-order valence-corrected chi connectivity index (χ3v) is 16.9. The molecule has 10 heteroatoms. The predicted octanol–water partition coefficient (Wildman–Crippen LogP) is 21.9. The topological polar surface area (TPSA) is 114 Å². The molecule has 1 N–H and O–H groups in total.